The molecule has 0 bridgehead atoms. The van der Waals surface area contributed by atoms with Gasteiger partial charge in [0.15, 0.2) is 0 Å². The van der Waals surface area contributed by atoms with Crippen LogP contribution in [-0.4, -0.2) is 25.7 Å². The van der Waals surface area contributed by atoms with Crippen LogP contribution in [0.25, 0.3) is 10.4 Å². The summed E-state index contributed by atoms with van der Waals surface area (Å²) >= 11 is 7.42. The molecule has 0 aliphatic rings. The third-order valence-electron chi connectivity index (χ3n) is 3.80. The molecule has 2 rings (SSSR count). The first kappa shape index (κ1) is 22.8. The van der Waals surface area contributed by atoms with Crippen molar-refractivity contribution in [3.8, 4) is 10.4 Å². The maximum absolute atomic E-state index is 12.6. The van der Waals surface area contributed by atoms with Gasteiger partial charge in [-0.1, -0.05) is 56.3 Å². The molecule has 0 saturated carbocycles. The molecule has 8 heteroatoms. The molecule has 1 heterocycles. The van der Waals surface area contributed by atoms with Gasteiger partial charge < -0.3 is 10.3 Å². The van der Waals surface area contributed by atoms with Gasteiger partial charge in [0.1, 0.15) is 5.25 Å². The number of carboxylic acids is 1. The molecule has 0 fully saturated rings. The minimum atomic E-state index is -1.54. The van der Waals surface area contributed by atoms with Crippen LogP contribution in [0.2, 0.25) is 4.34 Å². The molecule has 0 radical (unpaired) electrons. The Kier molecular flexibility index (Phi) is 10.7. The van der Waals surface area contributed by atoms with E-state index in [2.05, 4.69) is 12.8 Å². The second-order valence-electron chi connectivity index (χ2n) is 5.60. The zero-order chi connectivity index (χ0) is 19.5. The molecule has 144 valence electrons. The number of unbranched alkanes of at least 4 members (excludes halogenated alkanes) is 3. The average molecular weight is 418 g/mol. The smallest absolute Gasteiger partial charge is 0.319 e. The summed E-state index contributed by atoms with van der Waals surface area (Å²) in [6.07, 6.45) is 4.40. The SMILES string of the molecule is CCCCCCC(C(=O)O)S(=O)c1ccc(-c2ccc(Cl)s2)cc1.NO. The van der Waals surface area contributed by atoms with E-state index in [0.717, 1.165) is 40.5 Å². The van der Waals surface area contributed by atoms with Crippen molar-refractivity contribution in [1.82, 2.24) is 0 Å². The van der Waals surface area contributed by atoms with E-state index in [9.17, 15) is 14.1 Å². The van der Waals surface area contributed by atoms with E-state index >= 15 is 0 Å². The van der Waals surface area contributed by atoms with Crippen LogP contribution in [0.3, 0.4) is 0 Å². The van der Waals surface area contributed by atoms with Crippen molar-refractivity contribution >= 4 is 39.7 Å². The highest BCUT2D eigenvalue weighted by atomic mass is 35.5. The third kappa shape index (κ3) is 6.81. The van der Waals surface area contributed by atoms with Gasteiger partial charge in [-0.15, -0.1) is 11.3 Å². The van der Waals surface area contributed by atoms with E-state index in [0.29, 0.717) is 11.3 Å². The van der Waals surface area contributed by atoms with Gasteiger partial charge in [0.25, 0.3) is 0 Å². The minimum Gasteiger partial charge on any atom is -0.480 e. The Labute approximate surface area is 165 Å². The van der Waals surface area contributed by atoms with Gasteiger partial charge in [0, 0.05) is 9.77 Å². The second kappa shape index (κ2) is 12.2. The monoisotopic (exact) mass is 417 g/mol. The zero-order valence-corrected chi connectivity index (χ0v) is 16.9. The molecule has 2 unspecified atom stereocenters. The Balaban J connectivity index is 0.00000163. The quantitative estimate of drug-likeness (QED) is 0.396. The summed E-state index contributed by atoms with van der Waals surface area (Å²) in [5, 5.41) is 15.0. The van der Waals surface area contributed by atoms with Crippen molar-refractivity contribution in [2.24, 2.45) is 5.90 Å². The second-order valence-corrected chi connectivity index (χ2v) is 8.95. The lowest BCUT2D eigenvalue weighted by Crippen LogP contribution is -2.25. The average Bonchev–Trinajstić information content (AvgIpc) is 3.09. The molecule has 0 amide bonds. The first-order valence-electron chi connectivity index (χ1n) is 8.28. The first-order valence-corrected chi connectivity index (χ1v) is 10.7. The van der Waals surface area contributed by atoms with Crippen LogP contribution >= 0.6 is 22.9 Å². The van der Waals surface area contributed by atoms with Crippen molar-refractivity contribution in [2.75, 3.05) is 0 Å². The Bertz CT molecular complexity index is 703. The van der Waals surface area contributed by atoms with Crippen LogP contribution in [0.4, 0.5) is 0 Å². The number of aliphatic carboxylic acids is 1. The van der Waals surface area contributed by atoms with E-state index in [4.69, 9.17) is 16.8 Å². The number of benzene rings is 1. The van der Waals surface area contributed by atoms with Gasteiger partial charge in [-0.05, 0) is 36.2 Å². The summed E-state index contributed by atoms with van der Waals surface area (Å²) in [7, 11) is -1.54. The maximum atomic E-state index is 12.6. The zero-order valence-electron chi connectivity index (χ0n) is 14.6. The molecule has 1 aromatic heterocycles. The number of nitrogens with two attached hydrogens (primary N) is 1. The van der Waals surface area contributed by atoms with E-state index < -0.39 is 22.0 Å². The highest BCUT2D eigenvalue weighted by molar-refractivity contribution is 7.86. The first-order chi connectivity index (χ1) is 12.5. The molecular weight excluding hydrogens is 394 g/mol. The van der Waals surface area contributed by atoms with Crippen LogP contribution in [-0.2, 0) is 15.6 Å². The van der Waals surface area contributed by atoms with Crippen LogP contribution in [0.5, 0.6) is 0 Å². The number of carbonyl (C=O) groups is 1. The summed E-state index contributed by atoms with van der Waals surface area (Å²) in [6.45, 7) is 2.11. The summed E-state index contributed by atoms with van der Waals surface area (Å²) in [4.78, 5) is 13.1. The number of carboxylic acid groups (broad SMARTS) is 1. The summed E-state index contributed by atoms with van der Waals surface area (Å²) in [6, 6.07) is 11.0. The molecule has 1 aromatic carbocycles. The molecule has 0 aliphatic carbocycles. The minimum absolute atomic E-state index is 0.449. The predicted octanol–water partition coefficient (Wildman–Crippen LogP) is 4.93. The molecule has 0 aliphatic heterocycles. The van der Waals surface area contributed by atoms with Crippen LogP contribution < -0.4 is 5.90 Å². The van der Waals surface area contributed by atoms with E-state index in [1.54, 1.807) is 12.1 Å². The van der Waals surface area contributed by atoms with Crippen LogP contribution in [0.1, 0.15) is 39.0 Å². The van der Waals surface area contributed by atoms with Gasteiger partial charge in [0.2, 0.25) is 0 Å². The molecular formula is C18H24ClNO4S2. The lowest BCUT2D eigenvalue weighted by atomic mass is 10.1. The highest BCUT2D eigenvalue weighted by Crippen LogP contribution is 2.31. The molecule has 2 atom stereocenters. The number of hydrogen-bond acceptors (Lipinski definition) is 5. The summed E-state index contributed by atoms with van der Waals surface area (Å²) in [5.41, 5.74) is 0.988. The molecule has 0 saturated heterocycles. The number of hydrogen-bond donors (Lipinski definition) is 3. The highest BCUT2D eigenvalue weighted by Gasteiger charge is 2.25. The predicted molar refractivity (Wildman–Crippen MR) is 107 cm³/mol. The molecule has 4 N–H and O–H groups in total. The lowest BCUT2D eigenvalue weighted by Gasteiger charge is -2.12. The summed E-state index contributed by atoms with van der Waals surface area (Å²) in [5.74, 6) is 2.51. The summed E-state index contributed by atoms with van der Waals surface area (Å²) < 4.78 is 13.3. The molecule has 0 spiro atoms. The van der Waals surface area contributed by atoms with Gasteiger partial charge >= 0.3 is 5.97 Å². The standard InChI is InChI=1S/C18H21ClO3S2.H3NO/c1-2-3-4-5-6-16(18(20)21)24(22)14-9-7-13(8-10-14)15-11-12-17(19)23-15;1-2/h7-12,16H,2-6H2,1H3,(H,20,21);2H,1H2. The van der Waals surface area contributed by atoms with Gasteiger partial charge in [-0.25, -0.2) is 5.90 Å². The van der Waals surface area contributed by atoms with Crippen molar-refractivity contribution in [3.63, 3.8) is 0 Å². The number of halogens is 1. The van der Waals surface area contributed by atoms with E-state index in [1.165, 1.54) is 11.3 Å². The van der Waals surface area contributed by atoms with Crippen molar-refractivity contribution in [1.29, 1.82) is 0 Å². The number of rotatable bonds is 9. The third-order valence-corrected chi connectivity index (χ3v) is 6.77. The van der Waals surface area contributed by atoms with Gasteiger partial charge in [-0.2, -0.15) is 0 Å². The fourth-order valence-corrected chi connectivity index (χ4v) is 4.81. The Morgan fingerprint density at radius 3 is 2.31 bits per heavy atom. The van der Waals surface area contributed by atoms with E-state index in [1.807, 2.05) is 24.3 Å². The fourth-order valence-electron chi connectivity index (χ4n) is 2.47. The Morgan fingerprint density at radius 1 is 1.15 bits per heavy atom. The van der Waals surface area contributed by atoms with Crippen LogP contribution in [0, 0.1) is 0 Å². The Hall–Kier alpha value is -1.25. The van der Waals surface area contributed by atoms with Crippen molar-refractivity contribution < 1.29 is 19.3 Å². The van der Waals surface area contributed by atoms with Crippen molar-refractivity contribution in [2.45, 2.75) is 49.2 Å². The van der Waals surface area contributed by atoms with Gasteiger partial charge in [0.05, 0.1) is 15.1 Å². The number of thiophene rings is 1. The normalized spacial score (nSPS) is 12.8. The largest absolute Gasteiger partial charge is 0.480 e. The molecule has 5 nitrogen and oxygen atoms in total. The van der Waals surface area contributed by atoms with E-state index in [-0.39, 0.29) is 0 Å². The molecule has 2 aromatic rings. The Morgan fingerprint density at radius 2 is 1.81 bits per heavy atom. The van der Waals surface area contributed by atoms with Crippen molar-refractivity contribution in [3.05, 3.63) is 40.7 Å². The lowest BCUT2D eigenvalue weighted by molar-refractivity contribution is -0.136. The van der Waals surface area contributed by atoms with Crippen LogP contribution in [0.15, 0.2) is 41.3 Å². The van der Waals surface area contributed by atoms with Gasteiger partial charge in [-0.3, -0.25) is 9.00 Å². The fraction of sp³-hybridized carbons (Fsp3) is 0.389. The maximum Gasteiger partial charge on any atom is 0.319 e. The topological polar surface area (TPSA) is 101 Å². The molecule has 26 heavy (non-hydrogen) atoms.